The van der Waals surface area contributed by atoms with Gasteiger partial charge in [0.25, 0.3) is 0 Å². The molecule has 4 aliphatic carbocycles. The third kappa shape index (κ3) is 2.60. The molecule has 0 aromatic heterocycles. The first-order valence-corrected chi connectivity index (χ1v) is 8.90. The zero-order valence-corrected chi connectivity index (χ0v) is 13.0. The Kier molecular flexibility index (Phi) is 3.95. The third-order valence-corrected chi connectivity index (χ3v) is 6.73. The van der Waals surface area contributed by atoms with Crippen molar-refractivity contribution in [2.45, 2.75) is 84.1 Å². The van der Waals surface area contributed by atoms with Crippen LogP contribution in [0.25, 0.3) is 0 Å². The molecular formula is C18H33N. The van der Waals surface area contributed by atoms with E-state index in [2.05, 4.69) is 13.8 Å². The predicted octanol–water partition coefficient (Wildman–Crippen LogP) is 4.75. The molecule has 0 saturated heterocycles. The molecule has 0 heterocycles. The Hall–Kier alpha value is -0.0400. The molecular weight excluding hydrogens is 230 g/mol. The maximum absolute atomic E-state index is 6.78. The molecule has 2 unspecified atom stereocenters. The van der Waals surface area contributed by atoms with Gasteiger partial charge in [-0.3, -0.25) is 0 Å². The standard InChI is InChI=1S/C18H33N/c1-3-5-13(4-2)9-17(19)18-10-14-6-15(11-18)8-16(7-14)12-18/h13-17H,3-12,19H2,1-2H3. The molecule has 0 aromatic rings. The molecule has 19 heavy (non-hydrogen) atoms. The highest BCUT2D eigenvalue weighted by Crippen LogP contribution is 2.61. The fourth-order valence-electron chi connectivity index (χ4n) is 6.14. The van der Waals surface area contributed by atoms with Gasteiger partial charge in [-0.2, -0.15) is 0 Å². The van der Waals surface area contributed by atoms with Crippen LogP contribution in [0.4, 0.5) is 0 Å². The minimum absolute atomic E-state index is 0.498. The fraction of sp³-hybridized carbons (Fsp3) is 1.00. The molecule has 2 atom stereocenters. The summed E-state index contributed by atoms with van der Waals surface area (Å²) in [5, 5.41) is 0. The highest BCUT2D eigenvalue weighted by molar-refractivity contribution is 5.05. The van der Waals surface area contributed by atoms with Crippen molar-refractivity contribution in [2.75, 3.05) is 0 Å². The van der Waals surface area contributed by atoms with Crippen molar-refractivity contribution in [3.63, 3.8) is 0 Å². The first-order chi connectivity index (χ1) is 9.15. The van der Waals surface area contributed by atoms with E-state index >= 15 is 0 Å². The fourth-order valence-corrected chi connectivity index (χ4v) is 6.14. The molecule has 4 rings (SSSR count). The van der Waals surface area contributed by atoms with Gasteiger partial charge in [0.15, 0.2) is 0 Å². The second-order valence-corrected chi connectivity index (χ2v) is 8.19. The van der Waals surface area contributed by atoms with Crippen LogP contribution in [-0.2, 0) is 0 Å². The average Bonchev–Trinajstić information content (AvgIpc) is 2.36. The van der Waals surface area contributed by atoms with E-state index in [0.717, 1.165) is 23.7 Å². The highest BCUT2D eigenvalue weighted by atomic mass is 14.7. The number of hydrogen-bond acceptors (Lipinski definition) is 1. The maximum atomic E-state index is 6.78. The van der Waals surface area contributed by atoms with Crippen molar-refractivity contribution in [2.24, 2.45) is 34.8 Å². The van der Waals surface area contributed by atoms with E-state index in [1.54, 1.807) is 0 Å². The number of rotatable bonds is 6. The van der Waals surface area contributed by atoms with Crippen LogP contribution in [0, 0.1) is 29.1 Å². The van der Waals surface area contributed by atoms with Gasteiger partial charge < -0.3 is 5.73 Å². The van der Waals surface area contributed by atoms with Crippen LogP contribution in [0.3, 0.4) is 0 Å². The first-order valence-electron chi connectivity index (χ1n) is 8.90. The molecule has 1 nitrogen and oxygen atoms in total. The lowest BCUT2D eigenvalue weighted by Gasteiger charge is -2.59. The SMILES string of the molecule is CCCC(CC)CC(N)C12CC3CC(CC(C3)C1)C2. The molecule has 0 radical (unpaired) electrons. The van der Waals surface area contributed by atoms with Crippen molar-refractivity contribution in [1.29, 1.82) is 0 Å². The molecule has 0 aromatic carbocycles. The van der Waals surface area contributed by atoms with Crippen molar-refractivity contribution in [3.8, 4) is 0 Å². The Morgan fingerprint density at radius 2 is 1.53 bits per heavy atom. The van der Waals surface area contributed by atoms with Crippen LogP contribution >= 0.6 is 0 Å². The van der Waals surface area contributed by atoms with Crippen LogP contribution in [-0.4, -0.2) is 6.04 Å². The van der Waals surface area contributed by atoms with Gasteiger partial charge in [0, 0.05) is 6.04 Å². The quantitative estimate of drug-likeness (QED) is 0.735. The normalized spacial score (nSPS) is 43.4. The Morgan fingerprint density at radius 3 is 1.95 bits per heavy atom. The average molecular weight is 263 g/mol. The van der Waals surface area contributed by atoms with Gasteiger partial charge in [0.05, 0.1) is 0 Å². The van der Waals surface area contributed by atoms with E-state index in [4.69, 9.17) is 5.73 Å². The van der Waals surface area contributed by atoms with Gasteiger partial charge in [-0.05, 0) is 74.0 Å². The van der Waals surface area contributed by atoms with Crippen molar-refractivity contribution < 1.29 is 0 Å². The van der Waals surface area contributed by atoms with E-state index in [-0.39, 0.29) is 0 Å². The molecule has 4 aliphatic rings. The Balaban J connectivity index is 1.67. The molecule has 0 amide bonds. The molecule has 4 saturated carbocycles. The Labute approximate surface area is 119 Å². The van der Waals surface area contributed by atoms with Gasteiger partial charge in [-0.25, -0.2) is 0 Å². The third-order valence-electron chi connectivity index (χ3n) is 6.73. The lowest BCUT2D eigenvalue weighted by atomic mass is 9.47. The van der Waals surface area contributed by atoms with E-state index in [9.17, 15) is 0 Å². The predicted molar refractivity (Wildman–Crippen MR) is 81.9 cm³/mol. The van der Waals surface area contributed by atoms with Crippen molar-refractivity contribution in [3.05, 3.63) is 0 Å². The second kappa shape index (κ2) is 5.39. The van der Waals surface area contributed by atoms with Crippen LogP contribution in [0.5, 0.6) is 0 Å². The Bertz CT molecular complexity index is 274. The van der Waals surface area contributed by atoms with Crippen molar-refractivity contribution >= 4 is 0 Å². The number of hydrogen-bond donors (Lipinski definition) is 1. The summed E-state index contributed by atoms with van der Waals surface area (Å²) in [6.45, 7) is 4.67. The summed E-state index contributed by atoms with van der Waals surface area (Å²) < 4.78 is 0. The lowest BCUT2D eigenvalue weighted by molar-refractivity contribution is -0.0706. The minimum Gasteiger partial charge on any atom is -0.327 e. The summed E-state index contributed by atoms with van der Waals surface area (Å²) in [5.41, 5.74) is 7.34. The second-order valence-electron chi connectivity index (χ2n) is 8.19. The maximum Gasteiger partial charge on any atom is 0.00985 e. The number of nitrogens with two attached hydrogens (primary N) is 1. The van der Waals surface area contributed by atoms with E-state index in [0.29, 0.717) is 11.5 Å². The van der Waals surface area contributed by atoms with Crippen LogP contribution in [0.1, 0.15) is 78.1 Å². The molecule has 110 valence electrons. The summed E-state index contributed by atoms with van der Waals surface area (Å²) in [7, 11) is 0. The highest BCUT2D eigenvalue weighted by Gasteiger charge is 2.53. The summed E-state index contributed by atoms with van der Waals surface area (Å²) in [6, 6.07) is 0.498. The minimum atomic E-state index is 0.498. The summed E-state index contributed by atoms with van der Waals surface area (Å²) in [6.07, 6.45) is 14.4. The molecule has 0 spiro atoms. The Morgan fingerprint density at radius 1 is 1.00 bits per heavy atom. The first kappa shape index (κ1) is 13.9. The molecule has 1 heteroatoms. The van der Waals surface area contributed by atoms with Crippen molar-refractivity contribution in [1.82, 2.24) is 0 Å². The summed E-state index contributed by atoms with van der Waals surface area (Å²) >= 11 is 0. The van der Waals surface area contributed by atoms with Gasteiger partial charge in [-0.15, -0.1) is 0 Å². The molecule has 2 N–H and O–H groups in total. The zero-order chi connectivity index (χ0) is 13.5. The van der Waals surface area contributed by atoms with Gasteiger partial charge in [-0.1, -0.05) is 33.1 Å². The van der Waals surface area contributed by atoms with Gasteiger partial charge >= 0.3 is 0 Å². The van der Waals surface area contributed by atoms with Gasteiger partial charge in [0.2, 0.25) is 0 Å². The smallest absolute Gasteiger partial charge is 0.00985 e. The van der Waals surface area contributed by atoms with Crippen LogP contribution in [0.2, 0.25) is 0 Å². The summed E-state index contributed by atoms with van der Waals surface area (Å²) in [4.78, 5) is 0. The van der Waals surface area contributed by atoms with Gasteiger partial charge in [0.1, 0.15) is 0 Å². The lowest BCUT2D eigenvalue weighted by Crippen LogP contribution is -2.54. The van der Waals surface area contributed by atoms with E-state index in [1.807, 2.05) is 0 Å². The van der Waals surface area contributed by atoms with E-state index < -0.39 is 0 Å². The molecule has 4 bridgehead atoms. The summed E-state index contributed by atoms with van der Waals surface area (Å²) in [5.74, 6) is 4.02. The largest absolute Gasteiger partial charge is 0.327 e. The van der Waals surface area contributed by atoms with Crippen LogP contribution in [0.15, 0.2) is 0 Å². The molecule has 0 aliphatic heterocycles. The van der Waals surface area contributed by atoms with Crippen LogP contribution < -0.4 is 5.73 Å². The monoisotopic (exact) mass is 263 g/mol. The van der Waals surface area contributed by atoms with E-state index in [1.165, 1.54) is 64.2 Å². The molecule has 4 fully saturated rings. The topological polar surface area (TPSA) is 26.0 Å². The zero-order valence-electron chi connectivity index (χ0n) is 13.0.